The van der Waals surface area contributed by atoms with E-state index < -0.39 is 0 Å². The molecule has 0 bridgehead atoms. The van der Waals surface area contributed by atoms with Crippen molar-refractivity contribution in [2.45, 2.75) is 19.4 Å². The average molecular weight is 265 g/mol. The topological polar surface area (TPSA) is 55.1 Å². The average Bonchev–Trinajstić information content (AvgIpc) is 2.89. The van der Waals surface area contributed by atoms with Crippen molar-refractivity contribution >= 4 is 5.65 Å². The van der Waals surface area contributed by atoms with Crippen LogP contribution in [-0.4, -0.2) is 26.4 Å². The Kier molecular flexibility index (Phi) is 2.53. The smallest absolute Gasteiger partial charge is 0.178 e. The summed E-state index contributed by atoms with van der Waals surface area (Å²) in [6.45, 7) is 2.92. The van der Waals surface area contributed by atoms with Crippen LogP contribution in [0.5, 0.6) is 0 Å². The highest BCUT2D eigenvalue weighted by molar-refractivity contribution is 5.41. The molecule has 1 aromatic carbocycles. The first kappa shape index (κ1) is 11.5. The van der Waals surface area contributed by atoms with E-state index in [1.165, 1.54) is 11.1 Å². The summed E-state index contributed by atoms with van der Waals surface area (Å²) in [5, 5.41) is 16.6. The fourth-order valence-electron chi connectivity index (χ4n) is 2.81. The number of benzene rings is 1. The van der Waals surface area contributed by atoms with Crippen molar-refractivity contribution in [1.29, 1.82) is 0 Å². The molecular weight excluding hydrogens is 250 g/mol. The summed E-state index contributed by atoms with van der Waals surface area (Å²) in [5.74, 6) is 0.857. The molecule has 3 heterocycles. The van der Waals surface area contributed by atoms with Gasteiger partial charge in [0.05, 0.1) is 11.7 Å². The van der Waals surface area contributed by atoms with E-state index in [0.717, 1.165) is 30.1 Å². The lowest BCUT2D eigenvalue weighted by Crippen LogP contribution is -2.32. The third-order valence-electron chi connectivity index (χ3n) is 3.79. The molecular formula is C15H15N5. The third-order valence-corrected chi connectivity index (χ3v) is 3.79. The van der Waals surface area contributed by atoms with Gasteiger partial charge in [0.15, 0.2) is 11.5 Å². The Bertz CT molecular complexity index is 777. The second-order valence-corrected chi connectivity index (χ2v) is 5.14. The van der Waals surface area contributed by atoms with Gasteiger partial charge in [-0.1, -0.05) is 24.3 Å². The van der Waals surface area contributed by atoms with Crippen LogP contribution in [0.25, 0.3) is 5.65 Å². The van der Waals surface area contributed by atoms with Gasteiger partial charge < -0.3 is 5.32 Å². The van der Waals surface area contributed by atoms with Gasteiger partial charge in [0.25, 0.3) is 0 Å². The van der Waals surface area contributed by atoms with Crippen LogP contribution in [0.2, 0.25) is 0 Å². The molecule has 2 aromatic heterocycles. The van der Waals surface area contributed by atoms with E-state index in [1.807, 2.05) is 23.6 Å². The van der Waals surface area contributed by atoms with Crippen LogP contribution in [-0.2, 0) is 6.42 Å². The Morgan fingerprint density at radius 1 is 1.15 bits per heavy atom. The van der Waals surface area contributed by atoms with E-state index in [4.69, 9.17) is 0 Å². The predicted molar refractivity (Wildman–Crippen MR) is 75.5 cm³/mol. The van der Waals surface area contributed by atoms with E-state index in [2.05, 4.69) is 44.9 Å². The van der Waals surface area contributed by atoms with E-state index in [0.29, 0.717) is 0 Å². The van der Waals surface area contributed by atoms with Crippen LogP contribution in [0.15, 0.2) is 36.4 Å². The summed E-state index contributed by atoms with van der Waals surface area (Å²) in [7, 11) is 0. The van der Waals surface area contributed by atoms with Crippen molar-refractivity contribution in [1.82, 2.24) is 25.1 Å². The van der Waals surface area contributed by atoms with Crippen LogP contribution in [0.1, 0.15) is 28.7 Å². The number of nitrogens with one attached hydrogen (secondary N) is 1. The second-order valence-electron chi connectivity index (χ2n) is 5.14. The van der Waals surface area contributed by atoms with Gasteiger partial charge in [0, 0.05) is 6.54 Å². The molecule has 1 N–H and O–H groups in total. The molecule has 3 aromatic rings. The highest BCUT2D eigenvalue weighted by atomic mass is 15.4. The Labute approximate surface area is 116 Å². The molecule has 0 fully saturated rings. The molecule has 0 amide bonds. The number of hydrogen-bond donors (Lipinski definition) is 1. The number of nitrogens with zero attached hydrogens (tertiary/aromatic N) is 4. The van der Waals surface area contributed by atoms with Gasteiger partial charge in [0.1, 0.15) is 0 Å². The minimum Gasteiger partial charge on any atom is -0.303 e. The standard InChI is InChI=1S/C15H15N5/c1-10-6-7-13-17-18-15(20(13)19-10)14-12-5-3-2-4-11(12)8-9-16-14/h2-7,14,16H,8-9H2,1H3. The van der Waals surface area contributed by atoms with Crippen LogP contribution in [0, 0.1) is 6.92 Å². The summed E-state index contributed by atoms with van der Waals surface area (Å²) in [6, 6.07) is 12.5. The fourth-order valence-corrected chi connectivity index (χ4v) is 2.81. The second kappa shape index (κ2) is 4.38. The Balaban J connectivity index is 1.90. The van der Waals surface area contributed by atoms with Crippen molar-refractivity contribution < 1.29 is 0 Å². The predicted octanol–water partition coefficient (Wildman–Crippen LogP) is 1.67. The van der Waals surface area contributed by atoms with Gasteiger partial charge in [-0.2, -0.15) is 9.61 Å². The van der Waals surface area contributed by atoms with Gasteiger partial charge in [-0.15, -0.1) is 10.2 Å². The zero-order chi connectivity index (χ0) is 13.5. The number of rotatable bonds is 1. The zero-order valence-corrected chi connectivity index (χ0v) is 11.2. The first-order chi connectivity index (χ1) is 9.83. The van der Waals surface area contributed by atoms with Gasteiger partial charge in [0.2, 0.25) is 0 Å². The van der Waals surface area contributed by atoms with Crippen molar-refractivity contribution in [2.75, 3.05) is 6.54 Å². The molecule has 0 aliphatic carbocycles. The normalized spacial score (nSPS) is 18.1. The first-order valence-electron chi connectivity index (χ1n) is 6.83. The molecule has 1 aliphatic rings. The Hall–Kier alpha value is -2.27. The minimum absolute atomic E-state index is 0.0595. The van der Waals surface area contributed by atoms with Crippen LogP contribution >= 0.6 is 0 Å². The van der Waals surface area contributed by atoms with E-state index in [-0.39, 0.29) is 6.04 Å². The van der Waals surface area contributed by atoms with Crippen LogP contribution in [0.4, 0.5) is 0 Å². The van der Waals surface area contributed by atoms with Crippen molar-refractivity contribution in [3.63, 3.8) is 0 Å². The molecule has 0 spiro atoms. The van der Waals surface area contributed by atoms with E-state index in [1.54, 1.807) is 0 Å². The molecule has 100 valence electrons. The SMILES string of the molecule is Cc1ccc2nnc(C3NCCc4ccccc43)n2n1. The molecule has 0 radical (unpaired) electrons. The largest absolute Gasteiger partial charge is 0.303 e. The summed E-state index contributed by atoms with van der Waals surface area (Å²) >= 11 is 0. The van der Waals surface area contributed by atoms with Crippen LogP contribution in [0.3, 0.4) is 0 Å². The Morgan fingerprint density at radius 3 is 3.00 bits per heavy atom. The first-order valence-corrected chi connectivity index (χ1v) is 6.83. The summed E-state index contributed by atoms with van der Waals surface area (Å²) in [4.78, 5) is 0. The maximum atomic E-state index is 4.54. The highest BCUT2D eigenvalue weighted by Gasteiger charge is 2.25. The molecule has 5 nitrogen and oxygen atoms in total. The molecule has 1 atom stereocenters. The molecule has 5 heteroatoms. The van der Waals surface area contributed by atoms with E-state index >= 15 is 0 Å². The lowest BCUT2D eigenvalue weighted by molar-refractivity contribution is 0.531. The molecule has 1 unspecified atom stereocenters. The van der Waals surface area contributed by atoms with Gasteiger partial charge in [-0.25, -0.2) is 0 Å². The molecule has 20 heavy (non-hydrogen) atoms. The van der Waals surface area contributed by atoms with Gasteiger partial charge >= 0.3 is 0 Å². The quantitative estimate of drug-likeness (QED) is 0.727. The fraction of sp³-hybridized carbons (Fsp3) is 0.267. The molecule has 0 saturated carbocycles. The van der Waals surface area contributed by atoms with Gasteiger partial charge in [-0.3, -0.25) is 0 Å². The minimum atomic E-state index is 0.0595. The lowest BCUT2D eigenvalue weighted by Gasteiger charge is -2.25. The summed E-state index contributed by atoms with van der Waals surface area (Å²) in [5.41, 5.74) is 4.40. The number of aromatic nitrogens is 4. The number of hydrogen-bond acceptors (Lipinski definition) is 4. The highest BCUT2D eigenvalue weighted by Crippen LogP contribution is 2.27. The zero-order valence-electron chi connectivity index (χ0n) is 11.2. The van der Waals surface area contributed by atoms with E-state index in [9.17, 15) is 0 Å². The number of aryl methyl sites for hydroxylation is 1. The molecule has 1 aliphatic heterocycles. The monoisotopic (exact) mass is 265 g/mol. The maximum Gasteiger partial charge on any atom is 0.178 e. The van der Waals surface area contributed by atoms with Crippen molar-refractivity contribution in [3.8, 4) is 0 Å². The summed E-state index contributed by atoms with van der Waals surface area (Å²) < 4.78 is 1.84. The van der Waals surface area contributed by atoms with Crippen LogP contribution < -0.4 is 5.32 Å². The van der Waals surface area contributed by atoms with Gasteiger partial charge in [-0.05, 0) is 36.6 Å². The summed E-state index contributed by atoms with van der Waals surface area (Å²) in [6.07, 6.45) is 1.05. The molecule has 4 rings (SSSR count). The third kappa shape index (κ3) is 1.71. The maximum absolute atomic E-state index is 4.54. The number of fused-ring (bicyclic) bond motifs is 2. The molecule has 0 saturated heterocycles. The van der Waals surface area contributed by atoms with Crippen molar-refractivity contribution in [3.05, 3.63) is 59.0 Å². The Morgan fingerprint density at radius 2 is 2.05 bits per heavy atom. The lowest BCUT2D eigenvalue weighted by atomic mass is 9.94. The van der Waals surface area contributed by atoms with Crippen molar-refractivity contribution in [2.24, 2.45) is 0 Å².